The van der Waals surface area contributed by atoms with Gasteiger partial charge in [0.1, 0.15) is 11.6 Å². The number of carbonyl (C=O) groups is 2. The molecule has 0 bridgehead atoms. The monoisotopic (exact) mass is 130 g/mol. The summed E-state index contributed by atoms with van der Waals surface area (Å²) in [4.78, 5) is 20.5. The Labute approximate surface area is 53.7 Å². The predicted molar refractivity (Wildman–Crippen MR) is 32.0 cm³/mol. The fraction of sp³-hybridized carbons (Fsp3) is 0.667. The number of aliphatic hydroxyl groups excluding tert-OH is 1. The van der Waals surface area contributed by atoms with Crippen LogP contribution in [-0.2, 0) is 9.59 Å². The molecule has 3 nitrogen and oxygen atoms in total. The van der Waals surface area contributed by atoms with Gasteiger partial charge in [0.2, 0.25) is 0 Å². The highest BCUT2D eigenvalue weighted by atomic mass is 16.2. The fourth-order valence-electron chi connectivity index (χ4n) is 0.676. The van der Waals surface area contributed by atoms with E-state index in [4.69, 9.17) is 5.11 Å². The summed E-state index contributed by atoms with van der Waals surface area (Å²) in [6, 6.07) is 0. The maximum absolute atomic E-state index is 10.2. The second-order valence-electron chi connectivity index (χ2n) is 1.75. The van der Waals surface area contributed by atoms with E-state index in [1.165, 1.54) is 0 Å². The van der Waals surface area contributed by atoms with Gasteiger partial charge in [0.25, 0.3) is 0 Å². The Morgan fingerprint density at radius 2 is 1.44 bits per heavy atom. The van der Waals surface area contributed by atoms with Crippen molar-refractivity contribution in [3.05, 3.63) is 0 Å². The van der Waals surface area contributed by atoms with Crippen LogP contribution in [0.3, 0.4) is 0 Å². The molecule has 0 heterocycles. The van der Waals surface area contributed by atoms with Crippen molar-refractivity contribution in [3.8, 4) is 0 Å². The summed E-state index contributed by atoms with van der Waals surface area (Å²) in [6.07, 6.45) is 1.16. The highest BCUT2D eigenvalue weighted by Gasteiger charge is 2.17. The minimum Gasteiger partial charge on any atom is -0.400 e. The molecule has 1 saturated carbocycles. The van der Waals surface area contributed by atoms with Crippen molar-refractivity contribution in [1.82, 2.24) is 0 Å². The van der Waals surface area contributed by atoms with Crippen molar-refractivity contribution in [2.75, 3.05) is 7.11 Å². The van der Waals surface area contributed by atoms with Crippen LogP contribution in [0, 0.1) is 0 Å². The van der Waals surface area contributed by atoms with Crippen LogP contribution < -0.4 is 0 Å². The lowest BCUT2D eigenvalue weighted by Crippen LogP contribution is -1.88. The van der Waals surface area contributed by atoms with E-state index in [0.29, 0.717) is 12.8 Å². The smallest absolute Gasteiger partial charge is 0.140 e. The SMILES string of the molecule is CO.O=C1CCC(=O)C1. The molecular formula is C6H10O3. The molecule has 0 radical (unpaired) electrons. The van der Waals surface area contributed by atoms with E-state index in [1.54, 1.807) is 0 Å². The lowest BCUT2D eigenvalue weighted by molar-refractivity contribution is -0.121. The van der Waals surface area contributed by atoms with Crippen LogP contribution in [0.4, 0.5) is 0 Å². The summed E-state index contributed by atoms with van der Waals surface area (Å²) in [6.45, 7) is 0. The second kappa shape index (κ2) is 4.21. The van der Waals surface area contributed by atoms with E-state index < -0.39 is 0 Å². The van der Waals surface area contributed by atoms with E-state index in [0.717, 1.165) is 7.11 Å². The van der Waals surface area contributed by atoms with Crippen molar-refractivity contribution in [2.24, 2.45) is 0 Å². The molecule has 3 heteroatoms. The number of aliphatic hydroxyl groups is 1. The minimum absolute atomic E-state index is 0.102. The van der Waals surface area contributed by atoms with Crippen LogP contribution in [0.1, 0.15) is 19.3 Å². The molecule has 0 spiro atoms. The standard InChI is InChI=1S/C5H6O2.CH4O/c6-4-1-2-5(7)3-4;1-2/h1-3H2;2H,1H3. The quantitative estimate of drug-likeness (QED) is 0.466. The van der Waals surface area contributed by atoms with Crippen LogP contribution in [0.15, 0.2) is 0 Å². The third-order valence-corrected chi connectivity index (χ3v) is 1.08. The fourth-order valence-corrected chi connectivity index (χ4v) is 0.676. The summed E-state index contributed by atoms with van der Waals surface area (Å²) in [7, 11) is 1.00. The van der Waals surface area contributed by atoms with Crippen LogP contribution in [-0.4, -0.2) is 23.8 Å². The van der Waals surface area contributed by atoms with Gasteiger partial charge < -0.3 is 5.11 Å². The summed E-state index contributed by atoms with van der Waals surface area (Å²) in [5.74, 6) is 0.204. The first-order chi connectivity index (χ1) is 4.29. The maximum atomic E-state index is 10.2. The van der Waals surface area contributed by atoms with Crippen molar-refractivity contribution in [3.63, 3.8) is 0 Å². The second-order valence-corrected chi connectivity index (χ2v) is 1.75. The molecule has 1 N–H and O–H groups in total. The molecule has 1 fully saturated rings. The molecule has 52 valence electrons. The molecular weight excluding hydrogens is 120 g/mol. The highest BCUT2D eigenvalue weighted by molar-refractivity contribution is 6.05. The highest BCUT2D eigenvalue weighted by Crippen LogP contribution is 2.07. The Morgan fingerprint density at radius 1 is 1.11 bits per heavy atom. The van der Waals surface area contributed by atoms with Gasteiger partial charge in [0.05, 0.1) is 6.42 Å². The Hall–Kier alpha value is -0.700. The molecule has 0 amide bonds. The Morgan fingerprint density at radius 3 is 1.56 bits per heavy atom. The van der Waals surface area contributed by atoms with E-state index in [-0.39, 0.29) is 18.0 Å². The molecule has 9 heavy (non-hydrogen) atoms. The molecule has 0 aromatic heterocycles. The summed E-state index contributed by atoms with van der Waals surface area (Å²) < 4.78 is 0. The molecule has 0 aromatic carbocycles. The van der Waals surface area contributed by atoms with Crippen LogP contribution in [0.5, 0.6) is 0 Å². The first-order valence-corrected chi connectivity index (χ1v) is 2.77. The molecule has 1 aliphatic carbocycles. The minimum atomic E-state index is 0.102. The summed E-state index contributed by atoms with van der Waals surface area (Å²) >= 11 is 0. The normalized spacial score (nSPS) is 17.1. The largest absolute Gasteiger partial charge is 0.400 e. The summed E-state index contributed by atoms with van der Waals surface area (Å²) in [5.41, 5.74) is 0. The van der Waals surface area contributed by atoms with Gasteiger partial charge in [-0.05, 0) is 0 Å². The van der Waals surface area contributed by atoms with Gasteiger partial charge in [0.15, 0.2) is 0 Å². The summed E-state index contributed by atoms with van der Waals surface area (Å²) in [5, 5.41) is 7.00. The zero-order chi connectivity index (χ0) is 7.28. The lowest BCUT2D eigenvalue weighted by atomic mass is 10.3. The van der Waals surface area contributed by atoms with Crippen LogP contribution in [0.2, 0.25) is 0 Å². The Balaban J connectivity index is 0.000000291. The van der Waals surface area contributed by atoms with Crippen molar-refractivity contribution in [1.29, 1.82) is 0 Å². The molecule has 0 saturated heterocycles. The van der Waals surface area contributed by atoms with E-state index in [2.05, 4.69) is 0 Å². The predicted octanol–water partition coefficient (Wildman–Crippen LogP) is -0.0830. The molecule has 0 atom stereocenters. The molecule has 1 rings (SSSR count). The zero-order valence-electron chi connectivity index (χ0n) is 5.39. The number of hydrogen-bond donors (Lipinski definition) is 1. The maximum Gasteiger partial charge on any atom is 0.140 e. The van der Waals surface area contributed by atoms with Gasteiger partial charge in [0, 0.05) is 20.0 Å². The van der Waals surface area contributed by atoms with Crippen LogP contribution in [0.25, 0.3) is 0 Å². The van der Waals surface area contributed by atoms with Gasteiger partial charge in [-0.25, -0.2) is 0 Å². The topological polar surface area (TPSA) is 54.4 Å². The van der Waals surface area contributed by atoms with Crippen molar-refractivity contribution in [2.45, 2.75) is 19.3 Å². The Kier molecular flexibility index (Phi) is 3.88. The third kappa shape index (κ3) is 2.98. The number of rotatable bonds is 0. The van der Waals surface area contributed by atoms with E-state index >= 15 is 0 Å². The van der Waals surface area contributed by atoms with Gasteiger partial charge in [-0.2, -0.15) is 0 Å². The van der Waals surface area contributed by atoms with Crippen LogP contribution >= 0.6 is 0 Å². The van der Waals surface area contributed by atoms with Crippen molar-refractivity contribution >= 4 is 11.6 Å². The first-order valence-electron chi connectivity index (χ1n) is 2.77. The molecule has 0 aromatic rings. The molecule has 0 aliphatic heterocycles. The van der Waals surface area contributed by atoms with Gasteiger partial charge in [-0.1, -0.05) is 0 Å². The number of carbonyl (C=O) groups excluding carboxylic acids is 2. The van der Waals surface area contributed by atoms with E-state index in [9.17, 15) is 9.59 Å². The van der Waals surface area contributed by atoms with Gasteiger partial charge in [-0.15, -0.1) is 0 Å². The number of Topliss-reactive ketones (excluding diaryl/α,β-unsaturated/α-hetero) is 2. The van der Waals surface area contributed by atoms with E-state index in [1.807, 2.05) is 0 Å². The van der Waals surface area contributed by atoms with Gasteiger partial charge >= 0.3 is 0 Å². The first kappa shape index (κ1) is 8.30. The number of hydrogen-bond acceptors (Lipinski definition) is 3. The lowest BCUT2D eigenvalue weighted by Gasteiger charge is -1.71. The number of ketones is 2. The average molecular weight is 130 g/mol. The third-order valence-electron chi connectivity index (χ3n) is 1.08. The molecule has 1 aliphatic rings. The average Bonchev–Trinajstić information content (AvgIpc) is 2.20. The zero-order valence-corrected chi connectivity index (χ0v) is 5.39. The van der Waals surface area contributed by atoms with Gasteiger partial charge in [-0.3, -0.25) is 9.59 Å². The molecule has 0 unspecified atom stereocenters. The Bertz CT molecular complexity index is 103. The van der Waals surface area contributed by atoms with Crippen molar-refractivity contribution < 1.29 is 14.7 Å².